The first-order chi connectivity index (χ1) is 6.36. The first-order valence-electron chi connectivity index (χ1n) is 3.77. The van der Waals surface area contributed by atoms with Crippen LogP contribution in [0.2, 0.25) is 0 Å². The van der Waals surface area contributed by atoms with Gasteiger partial charge in [-0.2, -0.15) is 5.10 Å². The molecule has 0 aliphatic rings. The first kappa shape index (κ1) is 7.93. The minimum atomic E-state index is -0.708. The lowest BCUT2D eigenvalue weighted by molar-refractivity contribution is 0.142. The van der Waals surface area contributed by atoms with E-state index in [0.717, 1.165) is 0 Å². The largest absolute Gasteiger partial charge is 0.385 e. The van der Waals surface area contributed by atoms with Gasteiger partial charge < -0.3 is 9.63 Å². The fourth-order valence-electron chi connectivity index (χ4n) is 0.991. The minimum absolute atomic E-state index is 0.326. The Kier molecular flexibility index (Phi) is 2.05. The summed E-state index contributed by atoms with van der Waals surface area (Å²) in [7, 11) is 0. The molecule has 0 aromatic carbocycles. The highest BCUT2D eigenvalue weighted by Gasteiger charge is 2.11. The van der Waals surface area contributed by atoms with E-state index in [4.69, 9.17) is 0 Å². The molecule has 2 rings (SSSR count). The standard InChI is InChI=1S/C7H8N4O2/c12-7(6-1-2-13-10-6)3-11-5-8-4-9-11/h1-2,4-5,7,12H,3H2. The highest BCUT2D eigenvalue weighted by Crippen LogP contribution is 2.10. The van der Waals surface area contributed by atoms with Crippen molar-refractivity contribution in [1.29, 1.82) is 0 Å². The summed E-state index contributed by atoms with van der Waals surface area (Å²) in [4.78, 5) is 3.75. The minimum Gasteiger partial charge on any atom is -0.385 e. The second-order valence-corrected chi connectivity index (χ2v) is 2.56. The van der Waals surface area contributed by atoms with Crippen molar-refractivity contribution in [2.45, 2.75) is 12.6 Å². The van der Waals surface area contributed by atoms with Crippen LogP contribution in [0.4, 0.5) is 0 Å². The maximum absolute atomic E-state index is 9.57. The molecule has 0 aliphatic heterocycles. The van der Waals surface area contributed by atoms with Crippen molar-refractivity contribution < 1.29 is 9.63 Å². The zero-order chi connectivity index (χ0) is 9.10. The third-order valence-corrected chi connectivity index (χ3v) is 1.63. The molecule has 1 unspecified atom stereocenters. The van der Waals surface area contributed by atoms with E-state index < -0.39 is 6.10 Å². The van der Waals surface area contributed by atoms with E-state index in [9.17, 15) is 5.11 Å². The Morgan fingerprint density at radius 1 is 1.62 bits per heavy atom. The monoisotopic (exact) mass is 180 g/mol. The summed E-state index contributed by atoms with van der Waals surface area (Å²) in [6.07, 6.45) is 3.65. The van der Waals surface area contributed by atoms with Gasteiger partial charge in [0.2, 0.25) is 0 Å². The number of rotatable bonds is 3. The highest BCUT2D eigenvalue weighted by atomic mass is 16.5. The zero-order valence-electron chi connectivity index (χ0n) is 6.74. The summed E-state index contributed by atoms with van der Waals surface area (Å²) in [5.41, 5.74) is 0.496. The van der Waals surface area contributed by atoms with Gasteiger partial charge in [0.25, 0.3) is 0 Å². The Labute approximate surface area is 73.8 Å². The molecular formula is C7H8N4O2. The molecule has 0 fully saturated rings. The second-order valence-electron chi connectivity index (χ2n) is 2.56. The normalized spacial score (nSPS) is 13.0. The van der Waals surface area contributed by atoms with E-state index in [1.54, 1.807) is 6.07 Å². The van der Waals surface area contributed by atoms with Crippen molar-refractivity contribution in [3.05, 3.63) is 30.7 Å². The Morgan fingerprint density at radius 2 is 2.54 bits per heavy atom. The van der Waals surface area contributed by atoms with Crippen LogP contribution in [0.3, 0.4) is 0 Å². The Hall–Kier alpha value is -1.69. The van der Waals surface area contributed by atoms with Gasteiger partial charge in [0.05, 0.1) is 6.54 Å². The molecule has 0 saturated heterocycles. The maximum atomic E-state index is 9.57. The summed E-state index contributed by atoms with van der Waals surface area (Å²) in [6, 6.07) is 1.61. The molecule has 2 heterocycles. The molecule has 6 heteroatoms. The number of aliphatic hydroxyl groups excluding tert-OH is 1. The van der Waals surface area contributed by atoms with Crippen molar-refractivity contribution in [2.24, 2.45) is 0 Å². The third kappa shape index (κ3) is 1.73. The fourth-order valence-corrected chi connectivity index (χ4v) is 0.991. The summed E-state index contributed by atoms with van der Waals surface area (Å²) in [6.45, 7) is 0.326. The molecule has 0 spiro atoms. The number of hydrogen-bond donors (Lipinski definition) is 1. The molecule has 0 radical (unpaired) electrons. The van der Waals surface area contributed by atoms with Crippen molar-refractivity contribution >= 4 is 0 Å². The summed E-state index contributed by atoms with van der Waals surface area (Å²) < 4.78 is 6.13. The Morgan fingerprint density at radius 3 is 3.15 bits per heavy atom. The lowest BCUT2D eigenvalue weighted by atomic mass is 10.2. The van der Waals surface area contributed by atoms with Crippen LogP contribution in [0, 0.1) is 0 Å². The van der Waals surface area contributed by atoms with E-state index in [1.165, 1.54) is 23.6 Å². The van der Waals surface area contributed by atoms with Gasteiger partial charge >= 0.3 is 0 Å². The number of aliphatic hydroxyl groups is 1. The molecule has 0 saturated carbocycles. The summed E-state index contributed by atoms with van der Waals surface area (Å²) >= 11 is 0. The second kappa shape index (κ2) is 3.36. The molecule has 68 valence electrons. The van der Waals surface area contributed by atoms with E-state index >= 15 is 0 Å². The van der Waals surface area contributed by atoms with Crippen LogP contribution in [-0.2, 0) is 6.54 Å². The van der Waals surface area contributed by atoms with Crippen LogP contribution >= 0.6 is 0 Å². The molecule has 13 heavy (non-hydrogen) atoms. The number of hydrogen-bond acceptors (Lipinski definition) is 5. The van der Waals surface area contributed by atoms with Gasteiger partial charge in [-0.3, -0.25) is 0 Å². The molecule has 0 bridgehead atoms. The molecule has 6 nitrogen and oxygen atoms in total. The van der Waals surface area contributed by atoms with Crippen molar-refractivity contribution in [1.82, 2.24) is 19.9 Å². The molecule has 0 amide bonds. The van der Waals surface area contributed by atoms with E-state index in [0.29, 0.717) is 12.2 Å². The topological polar surface area (TPSA) is 77.0 Å². The highest BCUT2D eigenvalue weighted by molar-refractivity contribution is 4.99. The SMILES string of the molecule is OC(Cn1cncn1)c1ccon1. The molecular weight excluding hydrogens is 172 g/mol. The van der Waals surface area contributed by atoms with Gasteiger partial charge in [0, 0.05) is 6.07 Å². The average Bonchev–Trinajstić information content (AvgIpc) is 2.74. The smallest absolute Gasteiger partial charge is 0.137 e. The van der Waals surface area contributed by atoms with Crippen LogP contribution in [0.5, 0.6) is 0 Å². The lowest BCUT2D eigenvalue weighted by Crippen LogP contribution is -2.09. The zero-order valence-corrected chi connectivity index (χ0v) is 6.74. The van der Waals surface area contributed by atoms with E-state index in [1.807, 2.05) is 0 Å². The summed E-state index contributed by atoms with van der Waals surface area (Å²) in [5, 5.41) is 17.0. The van der Waals surface area contributed by atoms with Gasteiger partial charge in [-0.25, -0.2) is 9.67 Å². The van der Waals surface area contributed by atoms with Crippen LogP contribution in [0.25, 0.3) is 0 Å². The Balaban J connectivity index is 2.04. The molecule has 2 aromatic rings. The van der Waals surface area contributed by atoms with Crippen molar-refractivity contribution in [3.8, 4) is 0 Å². The number of nitrogens with zero attached hydrogens (tertiary/aromatic N) is 4. The van der Waals surface area contributed by atoms with E-state index in [-0.39, 0.29) is 0 Å². The van der Waals surface area contributed by atoms with Gasteiger partial charge in [-0.1, -0.05) is 5.16 Å². The Bertz CT molecular complexity index is 342. The van der Waals surface area contributed by atoms with Crippen LogP contribution < -0.4 is 0 Å². The van der Waals surface area contributed by atoms with Crippen molar-refractivity contribution in [2.75, 3.05) is 0 Å². The van der Waals surface area contributed by atoms with Crippen molar-refractivity contribution in [3.63, 3.8) is 0 Å². The van der Waals surface area contributed by atoms with Gasteiger partial charge in [0.15, 0.2) is 0 Å². The van der Waals surface area contributed by atoms with Crippen LogP contribution in [-0.4, -0.2) is 25.0 Å². The third-order valence-electron chi connectivity index (χ3n) is 1.63. The molecule has 1 N–H and O–H groups in total. The number of aromatic nitrogens is 4. The average molecular weight is 180 g/mol. The molecule has 0 aliphatic carbocycles. The molecule has 2 aromatic heterocycles. The van der Waals surface area contributed by atoms with Gasteiger partial charge in [0.1, 0.15) is 30.7 Å². The van der Waals surface area contributed by atoms with Gasteiger partial charge in [-0.15, -0.1) is 0 Å². The fraction of sp³-hybridized carbons (Fsp3) is 0.286. The van der Waals surface area contributed by atoms with Gasteiger partial charge in [-0.05, 0) is 0 Å². The lowest BCUT2D eigenvalue weighted by Gasteiger charge is -2.05. The van der Waals surface area contributed by atoms with Crippen LogP contribution in [0.1, 0.15) is 11.8 Å². The predicted molar refractivity (Wildman–Crippen MR) is 41.5 cm³/mol. The quantitative estimate of drug-likeness (QED) is 0.719. The molecule has 1 atom stereocenters. The first-order valence-corrected chi connectivity index (χ1v) is 3.77. The van der Waals surface area contributed by atoms with E-state index in [2.05, 4.69) is 19.8 Å². The predicted octanol–water partition coefficient (Wildman–Crippen LogP) is -0.000300. The summed E-state index contributed by atoms with van der Waals surface area (Å²) in [5.74, 6) is 0. The van der Waals surface area contributed by atoms with Crippen LogP contribution in [0.15, 0.2) is 29.5 Å². The maximum Gasteiger partial charge on any atom is 0.137 e.